The summed E-state index contributed by atoms with van der Waals surface area (Å²) in [6.07, 6.45) is -2.38. The smallest absolute Gasteiger partial charge is 0.468 e. The molecule has 0 bridgehead atoms. The van der Waals surface area contributed by atoms with E-state index in [1.54, 1.807) is 27.7 Å². The van der Waals surface area contributed by atoms with Gasteiger partial charge < -0.3 is 38.9 Å². The second kappa shape index (κ2) is 17.3. The number of nitrogens with two attached hydrogens (primary N) is 1. The highest BCUT2D eigenvalue weighted by molar-refractivity contribution is 5.81. The Morgan fingerprint density at radius 3 is 1.78 bits per heavy atom. The van der Waals surface area contributed by atoms with Crippen LogP contribution >= 0.6 is 0 Å². The van der Waals surface area contributed by atoms with E-state index in [1.165, 1.54) is 25.3 Å². The number of methoxy groups -OCH3 is 1. The van der Waals surface area contributed by atoms with E-state index in [2.05, 4.69) is 0 Å². The second-order valence-corrected chi connectivity index (χ2v) is 10.1. The lowest BCUT2D eigenvalue weighted by Crippen LogP contribution is -2.53. The van der Waals surface area contributed by atoms with Gasteiger partial charge in [-0.3, -0.25) is 4.79 Å². The monoisotopic (exact) mass is 583 g/mol. The first-order valence-corrected chi connectivity index (χ1v) is 13.9. The van der Waals surface area contributed by atoms with Gasteiger partial charge in [-0.2, -0.15) is 0 Å². The van der Waals surface area contributed by atoms with Crippen LogP contribution in [0.5, 0.6) is 11.5 Å². The molecule has 0 aliphatic carbocycles. The molecule has 2 N–H and O–H groups in total. The Morgan fingerprint density at radius 2 is 1.27 bits per heavy atom. The van der Waals surface area contributed by atoms with Crippen LogP contribution in [0.3, 0.4) is 0 Å². The quantitative estimate of drug-likeness (QED) is 0.149. The summed E-state index contributed by atoms with van der Waals surface area (Å²) in [5.41, 5.74) is 5.28. The molecule has 5 atom stereocenters. The van der Waals surface area contributed by atoms with Crippen LogP contribution in [0, 0.1) is 0 Å². The molecular formula is C29H45NO11. The van der Waals surface area contributed by atoms with Gasteiger partial charge in [0.05, 0.1) is 7.11 Å². The highest BCUT2D eigenvalue weighted by Crippen LogP contribution is 2.32. The predicted octanol–water partition coefficient (Wildman–Crippen LogP) is 5.85. The molecule has 1 aromatic carbocycles. The second-order valence-electron chi connectivity index (χ2n) is 10.1. The van der Waals surface area contributed by atoms with Crippen LogP contribution in [-0.2, 0) is 34.9 Å². The molecule has 12 heteroatoms. The van der Waals surface area contributed by atoms with E-state index < -0.39 is 48.3 Å². The van der Waals surface area contributed by atoms with Crippen LogP contribution < -0.4 is 15.2 Å². The Hall–Kier alpha value is -3.54. The molecule has 0 saturated carbocycles. The SMILES string of the molecule is CCC[C@H](C)OC(=O)O[C@@H](C)CC(N)(Cc1ccc(OC(=O)OC(C)CC)c(OC(=O)OC(C)CC)c1)C(=O)OC. The molecule has 0 heterocycles. The average Bonchev–Trinajstić information content (AvgIpc) is 2.88. The maximum Gasteiger partial charge on any atom is 0.514 e. The van der Waals surface area contributed by atoms with Gasteiger partial charge in [0.15, 0.2) is 11.5 Å². The Bertz CT molecular complexity index is 1010. The van der Waals surface area contributed by atoms with Gasteiger partial charge in [0.2, 0.25) is 0 Å². The summed E-state index contributed by atoms with van der Waals surface area (Å²) in [6, 6.07) is 4.30. The van der Waals surface area contributed by atoms with Gasteiger partial charge in [-0.05, 0) is 64.7 Å². The van der Waals surface area contributed by atoms with Crippen molar-refractivity contribution >= 4 is 24.4 Å². The van der Waals surface area contributed by atoms with Gasteiger partial charge in [0, 0.05) is 12.8 Å². The fourth-order valence-electron chi connectivity index (χ4n) is 3.72. The van der Waals surface area contributed by atoms with E-state index in [-0.39, 0.29) is 30.4 Å². The summed E-state index contributed by atoms with van der Waals surface area (Å²) < 4.78 is 36.4. The zero-order chi connectivity index (χ0) is 31.2. The number of hydrogen-bond acceptors (Lipinski definition) is 12. The number of esters is 1. The standard InChI is InChI=1S/C29H45NO11/c1-9-12-20(6)38-26(32)39-21(7)16-29(30,25(31)35-8)17-22-13-14-23(40-27(33)36-18(4)10-2)24(15-22)41-28(34)37-19(5)11-3/h13-15,18-21H,9-12,16-17,30H2,1-8H3/t18?,19?,20-,21-,29?/m0/s1. The Balaban J connectivity index is 3.22. The molecular weight excluding hydrogens is 538 g/mol. The number of rotatable bonds is 15. The molecule has 1 rings (SSSR count). The van der Waals surface area contributed by atoms with E-state index in [4.69, 9.17) is 38.9 Å². The highest BCUT2D eigenvalue weighted by Gasteiger charge is 2.38. The van der Waals surface area contributed by atoms with Crippen LogP contribution in [0.25, 0.3) is 0 Å². The maximum atomic E-state index is 12.8. The highest BCUT2D eigenvalue weighted by atomic mass is 16.8. The number of ether oxygens (including phenoxy) is 7. The van der Waals surface area contributed by atoms with Gasteiger partial charge in [-0.15, -0.1) is 0 Å². The lowest BCUT2D eigenvalue weighted by Gasteiger charge is -2.29. The van der Waals surface area contributed by atoms with Crippen LogP contribution in [0.2, 0.25) is 0 Å². The molecule has 0 aromatic heterocycles. The fourth-order valence-corrected chi connectivity index (χ4v) is 3.72. The minimum absolute atomic E-state index is 0.107. The molecule has 0 aliphatic heterocycles. The Morgan fingerprint density at radius 1 is 0.756 bits per heavy atom. The van der Waals surface area contributed by atoms with Gasteiger partial charge in [-0.1, -0.05) is 33.3 Å². The third-order valence-corrected chi connectivity index (χ3v) is 6.19. The molecule has 0 aliphatic rings. The first-order valence-electron chi connectivity index (χ1n) is 13.9. The molecule has 0 spiro atoms. The molecule has 41 heavy (non-hydrogen) atoms. The normalized spacial score (nSPS) is 15.2. The van der Waals surface area contributed by atoms with E-state index in [1.807, 2.05) is 20.8 Å². The average molecular weight is 584 g/mol. The van der Waals surface area contributed by atoms with Crippen molar-refractivity contribution in [3.05, 3.63) is 23.8 Å². The van der Waals surface area contributed by atoms with Crippen molar-refractivity contribution in [3.63, 3.8) is 0 Å². The van der Waals surface area contributed by atoms with Gasteiger partial charge in [-0.25, -0.2) is 14.4 Å². The van der Waals surface area contributed by atoms with E-state index in [9.17, 15) is 19.2 Å². The molecule has 0 saturated heterocycles. The van der Waals surface area contributed by atoms with Crippen molar-refractivity contribution in [2.45, 2.75) is 117 Å². The zero-order valence-corrected chi connectivity index (χ0v) is 25.4. The third-order valence-electron chi connectivity index (χ3n) is 6.19. The van der Waals surface area contributed by atoms with Crippen LogP contribution in [-0.4, -0.2) is 61.5 Å². The number of benzene rings is 1. The predicted molar refractivity (Wildman–Crippen MR) is 149 cm³/mol. The summed E-state index contributed by atoms with van der Waals surface area (Å²) in [4.78, 5) is 49.6. The summed E-state index contributed by atoms with van der Waals surface area (Å²) in [7, 11) is 1.19. The topological polar surface area (TPSA) is 159 Å². The van der Waals surface area contributed by atoms with Crippen molar-refractivity contribution < 1.29 is 52.3 Å². The van der Waals surface area contributed by atoms with Crippen molar-refractivity contribution in [3.8, 4) is 11.5 Å². The van der Waals surface area contributed by atoms with Crippen molar-refractivity contribution in [2.24, 2.45) is 5.73 Å². The largest absolute Gasteiger partial charge is 0.514 e. The minimum atomic E-state index is -1.64. The third kappa shape index (κ3) is 12.7. The fraction of sp³-hybridized carbons (Fsp3) is 0.655. The molecule has 1 aromatic rings. The lowest BCUT2D eigenvalue weighted by molar-refractivity contribution is -0.148. The van der Waals surface area contributed by atoms with Gasteiger partial charge in [0.1, 0.15) is 30.0 Å². The Kier molecular flexibility index (Phi) is 15.0. The number of carbonyl (C=O) groups excluding carboxylic acids is 4. The van der Waals surface area contributed by atoms with Crippen LogP contribution in [0.4, 0.5) is 14.4 Å². The van der Waals surface area contributed by atoms with Gasteiger partial charge in [0.25, 0.3) is 0 Å². The van der Waals surface area contributed by atoms with Crippen molar-refractivity contribution in [1.82, 2.24) is 0 Å². The molecule has 0 amide bonds. The van der Waals surface area contributed by atoms with Crippen LogP contribution in [0.15, 0.2) is 18.2 Å². The van der Waals surface area contributed by atoms with E-state index in [0.29, 0.717) is 24.8 Å². The zero-order valence-electron chi connectivity index (χ0n) is 25.4. The number of carbonyl (C=O) groups is 4. The Labute approximate surface area is 242 Å². The molecule has 0 radical (unpaired) electrons. The molecule has 3 unspecified atom stereocenters. The van der Waals surface area contributed by atoms with Crippen molar-refractivity contribution in [2.75, 3.05) is 7.11 Å². The van der Waals surface area contributed by atoms with Crippen molar-refractivity contribution in [1.29, 1.82) is 0 Å². The van der Waals surface area contributed by atoms with E-state index >= 15 is 0 Å². The maximum absolute atomic E-state index is 12.8. The summed E-state index contributed by atoms with van der Waals surface area (Å²) in [6.45, 7) is 12.4. The summed E-state index contributed by atoms with van der Waals surface area (Å²) >= 11 is 0. The number of hydrogen-bond donors (Lipinski definition) is 1. The van der Waals surface area contributed by atoms with Gasteiger partial charge >= 0.3 is 24.4 Å². The minimum Gasteiger partial charge on any atom is -0.468 e. The summed E-state index contributed by atoms with van der Waals surface area (Å²) in [5, 5.41) is 0. The molecule has 232 valence electrons. The van der Waals surface area contributed by atoms with E-state index in [0.717, 1.165) is 6.42 Å². The first-order chi connectivity index (χ1) is 19.3. The lowest BCUT2D eigenvalue weighted by atomic mass is 9.86. The van der Waals surface area contributed by atoms with Crippen LogP contribution in [0.1, 0.15) is 86.1 Å². The molecule has 12 nitrogen and oxygen atoms in total. The molecule has 0 fully saturated rings. The summed E-state index contributed by atoms with van der Waals surface area (Å²) in [5.74, 6) is -1.01. The first kappa shape index (κ1) is 35.5.